The number of rotatable bonds is 1. The highest BCUT2D eigenvalue weighted by atomic mass is 32.1. The zero-order valence-corrected chi connectivity index (χ0v) is 12.5. The van der Waals surface area contributed by atoms with E-state index in [2.05, 4.69) is 17.2 Å². The lowest BCUT2D eigenvalue weighted by atomic mass is 9.89. The minimum Gasteiger partial charge on any atom is -0.309 e. The Morgan fingerprint density at radius 1 is 1.35 bits per heavy atom. The van der Waals surface area contributed by atoms with Gasteiger partial charge in [0.1, 0.15) is 10.7 Å². The van der Waals surface area contributed by atoms with Crippen molar-refractivity contribution in [2.75, 3.05) is 6.54 Å². The summed E-state index contributed by atoms with van der Waals surface area (Å²) in [6.45, 7) is 3.31. The van der Waals surface area contributed by atoms with Gasteiger partial charge in [-0.2, -0.15) is 0 Å². The van der Waals surface area contributed by atoms with E-state index in [0.717, 1.165) is 54.2 Å². The average molecular weight is 289 g/mol. The molecule has 0 aromatic carbocycles. The first-order valence-electron chi connectivity index (χ1n) is 7.50. The predicted octanol–water partition coefficient (Wildman–Crippen LogP) is 2.53. The Hall–Kier alpha value is -1.20. The fourth-order valence-corrected chi connectivity index (χ4v) is 4.84. The van der Waals surface area contributed by atoms with Gasteiger partial charge in [-0.05, 0) is 50.1 Å². The third-order valence-electron chi connectivity index (χ3n) is 4.57. The lowest BCUT2D eigenvalue weighted by Crippen LogP contribution is -2.21. The van der Waals surface area contributed by atoms with Gasteiger partial charge in [-0.15, -0.1) is 11.3 Å². The molecule has 2 unspecified atom stereocenters. The largest absolute Gasteiger partial charge is 0.309 e. The number of fused-ring (bicyclic) bond motifs is 3. The van der Waals surface area contributed by atoms with Crippen molar-refractivity contribution in [2.45, 2.75) is 45.1 Å². The van der Waals surface area contributed by atoms with Gasteiger partial charge >= 0.3 is 0 Å². The molecule has 5 heteroatoms. The highest BCUT2D eigenvalue weighted by Crippen LogP contribution is 2.36. The number of aromatic amines is 1. The molecule has 2 aliphatic rings. The highest BCUT2D eigenvalue weighted by Gasteiger charge is 2.25. The topological polar surface area (TPSA) is 57.8 Å². The van der Waals surface area contributed by atoms with Crippen LogP contribution in [0, 0.1) is 5.92 Å². The average Bonchev–Trinajstić information content (AvgIpc) is 3.04. The monoisotopic (exact) mass is 289 g/mol. The van der Waals surface area contributed by atoms with Gasteiger partial charge in [0.2, 0.25) is 0 Å². The van der Waals surface area contributed by atoms with E-state index in [9.17, 15) is 4.79 Å². The van der Waals surface area contributed by atoms with Gasteiger partial charge in [-0.1, -0.05) is 6.92 Å². The van der Waals surface area contributed by atoms with Crippen molar-refractivity contribution in [3.05, 3.63) is 26.6 Å². The first-order chi connectivity index (χ1) is 9.72. The van der Waals surface area contributed by atoms with Crippen molar-refractivity contribution in [2.24, 2.45) is 5.92 Å². The zero-order chi connectivity index (χ0) is 13.7. The molecule has 0 amide bonds. The molecule has 0 spiro atoms. The van der Waals surface area contributed by atoms with Crippen LogP contribution in [0.5, 0.6) is 0 Å². The summed E-state index contributed by atoms with van der Waals surface area (Å²) in [6.07, 6.45) is 5.54. The molecule has 0 bridgehead atoms. The van der Waals surface area contributed by atoms with Gasteiger partial charge < -0.3 is 10.3 Å². The maximum Gasteiger partial charge on any atom is 0.259 e. The maximum absolute atomic E-state index is 12.5. The number of thiophene rings is 1. The molecule has 2 aromatic heterocycles. The van der Waals surface area contributed by atoms with Crippen LogP contribution < -0.4 is 10.9 Å². The molecule has 2 atom stereocenters. The Bertz CT molecular complexity index is 712. The van der Waals surface area contributed by atoms with E-state index in [-0.39, 0.29) is 11.6 Å². The van der Waals surface area contributed by atoms with Gasteiger partial charge in [-0.25, -0.2) is 4.98 Å². The summed E-state index contributed by atoms with van der Waals surface area (Å²) in [4.78, 5) is 22.5. The van der Waals surface area contributed by atoms with Crippen molar-refractivity contribution in [1.82, 2.24) is 15.3 Å². The van der Waals surface area contributed by atoms with Crippen LogP contribution in [0.15, 0.2) is 4.79 Å². The van der Waals surface area contributed by atoms with Gasteiger partial charge in [0.05, 0.1) is 11.4 Å². The number of hydrogen-bond acceptors (Lipinski definition) is 4. The fourth-order valence-electron chi connectivity index (χ4n) is 3.45. The summed E-state index contributed by atoms with van der Waals surface area (Å²) in [5.41, 5.74) is 1.33. The summed E-state index contributed by atoms with van der Waals surface area (Å²) in [5, 5.41) is 4.27. The Morgan fingerprint density at radius 2 is 2.25 bits per heavy atom. The van der Waals surface area contributed by atoms with Crippen LogP contribution in [0.3, 0.4) is 0 Å². The highest BCUT2D eigenvalue weighted by molar-refractivity contribution is 7.18. The molecule has 4 nitrogen and oxygen atoms in total. The van der Waals surface area contributed by atoms with E-state index in [4.69, 9.17) is 4.98 Å². The molecule has 0 saturated carbocycles. The van der Waals surface area contributed by atoms with Gasteiger partial charge in [-0.3, -0.25) is 4.79 Å². The summed E-state index contributed by atoms with van der Waals surface area (Å²) in [6, 6.07) is 0.227. The van der Waals surface area contributed by atoms with Gasteiger partial charge in [0.15, 0.2) is 0 Å². The van der Waals surface area contributed by atoms with Crippen molar-refractivity contribution in [3.8, 4) is 0 Å². The molecule has 1 aliphatic carbocycles. The molecule has 1 fully saturated rings. The minimum absolute atomic E-state index is 0.0609. The maximum atomic E-state index is 12.5. The molecule has 2 N–H and O–H groups in total. The second-order valence-electron chi connectivity index (χ2n) is 6.13. The van der Waals surface area contributed by atoms with Crippen LogP contribution in [0.4, 0.5) is 0 Å². The van der Waals surface area contributed by atoms with Crippen LogP contribution in [-0.4, -0.2) is 16.5 Å². The quantitative estimate of drug-likeness (QED) is 0.848. The van der Waals surface area contributed by atoms with Crippen molar-refractivity contribution in [1.29, 1.82) is 0 Å². The normalized spacial score (nSPS) is 26.1. The summed E-state index contributed by atoms with van der Waals surface area (Å²) >= 11 is 1.73. The Balaban J connectivity index is 1.86. The Labute approximate surface area is 121 Å². The van der Waals surface area contributed by atoms with E-state index in [1.165, 1.54) is 16.9 Å². The Morgan fingerprint density at radius 3 is 3.05 bits per heavy atom. The van der Waals surface area contributed by atoms with Crippen molar-refractivity contribution < 1.29 is 0 Å². The number of aryl methyl sites for hydroxylation is 1. The molecular weight excluding hydrogens is 270 g/mol. The van der Waals surface area contributed by atoms with Crippen LogP contribution in [0.1, 0.15) is 48.5 Å². The third-order valence-corrected chi connectivity index (χ3v) is 5.72. The molecular formula is C15H19N3OS. The fraction of sp³-hybridized carbons (Fsp3) is 0.600. The number of aromatic nitrogens is 2. The van der Waals surface area contributed by atoms with Crippen LogP contribution in [-0.2, 0) is 12.8 Å². The number of nitrogens with one attached hydrogen (secondary N) is 2. The molecule has 1 saturated heterocycles. The molecule has 0 radical (unpaired) electrons. The third kappa shape index (κ3) is 1.91. The standard InChI is InChI=1S/C15H19N3OS/c1-8-4-5-9-11(7-8)20-15-12(9)14(19)17-13(18-15)10-3-2-6-16-10/h8,10,16H,2-7H2,1H3,(H,17,18,19). The molecule has 3 heterocycles. The molecule has 2 aromatic rings. The van der Waals surface area contributed by atoms with Crippen LogP contribution >= 0.6 is 11.3 Å². The lowest BCUT2D eigenvalue weighted by molar-refractivity contribution is 0.509. The minimum atomic E-state index is 0.0609. The molecule has 20 heavy (non-hydrogen) atoms. The molecule has 4 rings (SSSR count). The zero-order valence-electron chi connectivity index (χ0n) is 11.7. The second-order valence-corrected chi connectivity index (χ2v) is 7.22. The summed E-state index contributed by atoms with van der Waals surface area (Å²) in [7, 11) is 0. The summed E-state index contributed by atoms with van der Waals surface area (Å²) in [5.74, 6) is 1.55. The van der Waals surface area contributed by atoms with E-state index in [0.29, 0.717) is 0 Å². The van der Waals surface area contributed by atoms with Crippen molar-refractivity contribution in [3.63, 3.8) is 0 Å². The predicted molar refractivity (Wildman–Crippen MR) is 81.4 cm³/mol. The number of nitrogens with zero attached hydrogens (tertiary/aromatic N) is 1. The van der Waals surface area contributed by atoms with Crippen molar-refractivity contribution >= 4 is 21.6 Å². The van der Waals surface area contributed by atoms with E-state index in [1.54, 1.807) is 11.3 Å². The SMILES string of the molecule is CC1CCc2c(sc3nc(C4CCCN4)[nH]c(=O)c23)C1. The van der Waals surface area contributed by atoms with Crippen LogP contribution in [0.25, 0.3) is 10.2 Å². The molecule has 106 valence electrons. The smallest absolute Gasteiger partial charge is 0.259 e. The Kier molecular flexibility index (Phi) is 2.93. The van der Waals surface area contributed by atoms with Gasteiger partial charge in [0.25, 0.3) is 5.56 Å². The number of H-pyrrole nitrogens is 1. The second kappa shape index (κ2) is 4.67. The van der Waals surface area contributed by atoms with Crippen LogP contribution in [0.2, 0.25) is 0 Å². The van der Waals surface area contributed by atoms with E-state index < -0.39 is 0 Å². The van der Waals surface area contributed by atoms with E-state index >= 15 is 0 Å². The number of hydrogen-bond donors (Lipinski definition) is 2. The lowest BCUT2D eigenvalue weighted by Gasteiger charge is -2.17. The summed E-state index contributed by atoms with van der Waals surface area (Å²) < 4.78 is 0. The first kappa shape index (κ1) is 12.5. The first-order valence-corrected chi connectivity index (χ1v) is 8.32. The van der Waals surface area contributed by atoms with Gasteiger partial charge in [0, 0.05) is 4.88 Å². The van der Waals surface area contributed by atoms with E-state index in [1.807, 2.05) is 0 Å². The molecule has 1 aliphatic heterocycles.